The Kier molecular flexibility index (Phi) is 4.30. The summed E-state index contributed by atoms with van der Waals surface area (Å²) in [4.78, 5) is 23.9. The van der Waals surface area contributed by atoms with Crippen molar-refractivity contribution in [2.24, 2.45) is 0 Å². The number of benzene rings is 1. The molecule has 2 heterocycles. The molecule has 1 aromatic carbocycles. The number of nitrogens with zero attached hydrogens (tertiary/aromatic N) is 4. The van der Waals surface area contributed by atoms with Crippen molar-refractivity contribution in [3.8, 4) is 0 Å². The van der Waals surface area contributed by atoms with E-state index < -0.39 is 0 Å². The molecule has 0 N–H and O–H groups in total. The Morgan fingerprint density at radius 2 is 1.96 bits per heavy atom. The van der Waals surface area contributed by atoms with Crippen LogP contribution in [0.2, 0.25) is 0 Å². The minimum atomic E-state index is 0.214. The van der Waals surface area contributed by atoms with Crippen LogP contribution in [0.15, 0.2) is 48.7 Å². The highest BCUT2D eigenvalue weighted by atomic mass is 16.2. The fourth-order valence-electron chi connectivity index (χ4n) is 3.43. The molecule has 1 saturated carbocycles. The molecule has 130 valence electrons. The zero-order valence-corrected chi connectivity index (χ0v) is 14.6. The van der Waals surface area contributed by atoms with Gasteiger partial charge in [0.15, 0.2) is 5.82 Å². The fourth-order valence-corrected chi connectivity index (χ4v) is 3.43. The Hall–Kier alpha value is -2.56. The number of amides is 1. The van der Waals surface area contributed by atoms with Crippen LogP contribution in [0.1, 0.15) is 18.4 Å². The SMILES string of the molecule is CN1CCN(CC(=O)N(Cc2ccccc2)C2CC2)c2cccnc21. The van der Waals surface area contributed by atoms with Crippen LogP contribution in [0, 0.1) is 0 Å². The lowest BCUT2D eigenvalue weighted by Gasteiger charge is -2.36. The molecule has 1 amide bonds. The molecule has 0 bridgehead atoms. The number of aromatic nitrogens is 1. The van der Waals surface area contributed by atoms with Gasteiger partial charge in [-0.2, -0.15) is 0 Å². The molecule has 1 fully saturated rings. The summed E-state index contributed by atoms with van der Waals surface area (Å²) in [5.74, 6) is 1.17. The van der Waals surface area contributed by atoms with Crippen LogP contribution in [0.4, 0.5) is 11.5 Å². The van der Waals surface area contributed by atoms with E-state index in [4.69, 9.17) is 0 Å². The van der Waals surface area contributed by atoms with E-state index in [0.29, 0.717) is 19.1 Å². The molecule has 1 aliphatic carbocycles. The van der Waals surface area contributed by atoms with Crippen molar-refractivity contribution in [2.75, 3.05) is 36.5 Å². The summed E-state index contributed by atoms with van der Waals surface area (Å²) in [6.45, 7) is 2.87. The lowest BCUT2D eigenvalue weighted by atomic mass is 10.2. The van der Waals surface area contributed by atoms with Gasteiger partial charge < -0.3 is 14.7 Å². The Balaban J connectivity index is 1.50. The van der Waals surface area contributed by atoms with E-state index >= 15 is 0 Å². The van der Waals surface area contributed by atoms with Crippen LogP contribution in [-0.2, 0) is 11.3 Å². The standard InChI is InChI=1S/C20H24N4O/c1-22-12-13-23(18-8-5-11-21-20(18)22)15-19(25)24(17-9-10-17)14-16-6-3-2-4-7-16/h2-8,11,17H,9-10,12-15H2,1H3. The summed E-state index contributed by atoms with van der Waals surface area (Å²) in [5.41, 5.74) is 2.25. The zero-order chi connectivity index (χ0) is 17.2. The number of carbonyl (C=O) groups is 1. The maximum atomic E-state index is 13.0. The van der Waals surface area contributed by atoms with E-state index in [1.165, 1.54) is 5.56 Å². The zero-order valence-electron chi connectivity index (χ0n) is 14.6. The van der Waals surface area contributed by atoms with Gasteiger partial charge in [-0.3, -0.25) is 4.79 Å². The smallest absolute Gasteiger partial charge is 0.242 e. The number of anilines is 2. The van der Waals surface area contributed by atoms with Gasteiger partial charge in [0.05, 0.1) is 12.2 Å². The van der Waals surface area contributed by atoms with Crippen molar-refractivity contribution in [1.29, 1.82) is 0 Å². The molecule has 25 heavy (non-hydrogen) atoms. The summed E-state index contributed by atoms with van der Waals surface area (Å²) in [6.07, 6.45) is 4.06. The molecular weight excluding hydrogens is 312 g/mol. The number of carbonyl (C=O) groups excluding carboxylic acids is 1. The molecule has 2 aromatic rings. The number of pyridine rings is 1. The second-order valence-corrected chi connectivity index (χ2v) is 6.93. The van der Waals surface area contributed by atoms with Crippen molar-refractivity contribution in [2.45, 2.75) is 25.4 Å². The van der Waals surface area contributed by atoms with Crippen molar-refractivity contribution in [1.82, 2.24) is 9.88 Å². The topological polar surface area (TPSA) is 39.7 Å². The van der Waals surface area contributed by atoms with E-state index in [0.717, 1.165) is 37.4 Å². The number of likely N-dealkylation sites (N-methyl/N-ethyl adjacent to an activating group) is 1. The first-order chi connectivity index (χ1) is 12.2. The molecule has 0 radical (unpaired) electrons. The molecule has 2 aliphatic rings. The number of fused-ring (bicyclic) bond motifs is 1. The molecule has 0 unspecified atom stereocenters. The number of hydrogen-bond acceptors (Lipinski definition) is 4. The average molecular weight is 336 g/mol. The highest BCUT2D eigenvalue weighted by molar-refractivity contribution is 5.84. The van der Waals surface area contributed by atoms with E-state index in [1.54, 1.807) is 0 Å². The molecule has 0 saturated heterocycles. The van der Waals surface area contributed by atoms with Crippen LogP contribution < -0.4 is 9.80 Å². The van der Waals surface area contributed by atoms with Crippen molar-refractivity contribution >= 4 is 17.4 Å². The van der Waals surface area contributed by atoms with Crippen molar-refractivity contribution in [3.63, 3.8) is 0 Å². The fraction of sp³-hybridized carbons (Fsp3) is 0.400. The molecule has 4 rings (SSSR count). The van der Waals surface area contributed by atoms with Gasteiger partial charge in [0.1, 0.15) is 0 Å². The third kappa shape index (κ3) is 3.45. The van der Waals surface area contributed by atoms with Crippen molar-refractivity contribution < 1.29 is 4.79 Å². The first-order valence-electron chi connectivity index (χ1n) is 8.97. The van der Waals surface area contributed by atoms with Crippen LogP contribution in [-0.4, -0.2) is 48.5 Å². The Labute approximate surface area is 148 Å². The van der Waals surface area contributed by atoms with Crippen LogP contribution in [0.25, 0.3) is 0 Å². The van der Waals surface area contributed by atoms with Gasteiger partial charge in [-0.25, -0.2) is 4.98 Å². The van der Waals surface area contributed by atoms with Crippen LogP contribution >= 0.6 is 0 Å². The predicted octanol–water partition coefficient (Wildman–Crippen LogP) is 2.53. The minimum Gasteiger partial charge on any atom is -0.357 e. The van der Waals surface area contributed by atoms with E-state index in [2.05, 4.69) is 44.9 Å². The third-order valence-corrected chi connectivity index (χ3v) is 5.00. The average Bonchev–Trinajstić information content (AvgIpc) is 3.48. The molecule has 5 heteroatoms. The van der Waals surface area contributed by atoms with E-state index in [-0.39, 0.29) is 5.91 Å². The van der Waals surface area contributed by atoms with Gasteiger partial charge in [0.2, 0.25) is 5.91 Å². The molecule has 5 nitrogen and oxygen atoms in total. The first-order valence-corrected chi connectivity index (χ1v) is 8.97. The lowest BCUT2D eigenvalue weighted by Crippen LogP contribution is -2.46. The van der Waals surface area contributed by atoms with E-state index in [1.807, 2.05) is 30.5 Å². The molecule has 1 aliphatic heterocycles. The second-order valence-electron chi connectivity index (χ2n) is 6.93. The third-order valence-electron chi connectivity index (χ3n) is 5.00. The summed E-state index contributed by atoms with van der Waals surface area (Å²) in [6, 6.07) is 14.7. The maximum absolute atomic E-state index is 13.0. The number of rotatable bonds is 5. The maximum Gasteiger partial charge on any atom is 0.242 e. The highest BCUT2D eigenvalue weighted by Crippen LogP contribution is 2.31. The normalized spacial score (nSPS) is 16.5. The number of hydrogen-bond donors (Lipinski definition) is 0. The quantitative estimate of drug-likeness (QED) is 0.841. The Morgan fingerprint density at radius 1 is 1.16 bits per heavy atom. The molecule has 1 aromatic heterocycles. The van der Waals surface area contributed by atoms with Gasteiger partial charge >= 0.3 is 0 Å². The van der Waals surface area contributed by atoms with Crippen molar-refractivity contribution in [3.05, 3.63) is 54.2 Å². The highest BCUT2D eigenvalue weighted by Gasteiger charge is 2.34. The molecule has 0 spiro atoms. The monoisotopic (exact) mass is 336 g/mol. The Bertz CT molecular complexity index is 744. The van der Waals surface area contributed by atoms with Gasteiger partial charge in [0, 0.05) is 38.9 Å². The summed E-state index contributed by atoms with van der Waals surface area (Å²) in [5, 5.41) is 0. The van der Waals surface area contributed by atoms with Crippen LogP contribution in [0.5, 0.6) is 0 Å². The van der Waals surface area contributed by atoms with Gasteiger partial charge in [-0.15, -0.1) is 0 Å². The Morgan fingerprint density at radius 3 is 2.72 bits per heavy atom. The van der Waals surface area contributed by atoms with Gasteiger partial charge in [-0.05, 0) is 30.5 Å². The van der Waals surface area contributed by atoms with Gasteiger partial charge in [0.25, 0.3) is 0 Å². The molecule has 0 atom stereocenters. The summed E-state index contributed by atoms with van der Waals surface area (Å²) in [7, 11) is 2.05. The largest absolute Gasteiger partial charge is 0.357 e. The van der Waals surface area contributed by atoms with Gasteiger partial charge in [-0.1, -0.05) is 30.3 Å². The second kappa shape index (κ2) is 6.75. The predicted molar refractivity (Wildman–Crippen MR) is 99.7 cm³/mol. The minimum absolute atomic E-state index is 0.214. The van der Waals surface area contributed by atoms with E-state index in [9.17, 15) is 4.79 Å². The molecular formula is C20H24N4O. The first kappa shape index (κ1) is 15.9. The summed E-state index contributed by atoms with van der Waals surface area (Å²) < 4.78 is 0. The lowest BCUT2D eigenvalue weighted by molar-refractivity contribution is -0.130. The summed E-state index contributed by atoms with van der Waals surface area (Å²) >= 11 is 0. The van der Waals surface area contributed by atoms with Crippen LogP contribution in [0.3, 0.4) is 0 Å².